The van der Waals surface area contributed by atoms with Gasteiger partial charge in [0.15, 0.2) is 0 Å². The van der Waals surface area contributed by atoms with Gasteiger partial charge in [-0.1, -0.05) is 19.9 Å². The second-order valence-electron chi connectivity index (χ2n) is 5.36. The molecule has 86 valence electrons. The molecule has 1 saturated heterocycles. The Bertz CT molecular complexity index is 429. The fourth-order valence-corrected chi connectivity index (χ4v) is 3.63. The first kappa shape index (κ1) is 10.2. The van der Waals surface area contributed by atoms with Gasteiger partial charge in [-0.3, -0.25) is 4.90 Å². The molecule has 1 heterocycles. The normalized spacial score (nSPS) is 32.8. The molecule has 0 bridgehead atoms. The Labute approximate surface area is 96.9 Å². The Morgan fingerprint density at radius 3 is 3.06 bits per heavy atom. The number of fused-ring (bicyclic) bond motifs is 3. The van der Waals surface area contributed by atoms with Gasteiger partial charge in [0.1, 0.15) is 5.75 Å². The summed E-state index contributed by atoms with van der Waals surface area (Å²) in [5.41, 5.74) is 3.08. The lowest BCUT2D eigenvalue weighted by molar-refractivity contribution is 0.236. The highest BCUT2D eigenvalue weighted by molar-refractivity contribution is 5.47. The van der Waals surface area contributed by atoms with Gasteiger partial charge in [0.2, 0.25) is 0 Å². The fourth-order valence-electron chi connectivity index (χ4n) is 3.63. The van der Waals surface area contributed by atoms with Crippen molar-refractivity contribution in [3.8, 4) is 5.75 Å². The monoisotopic (exact) mass is 217 g/mol. The molecular formula is C14H19NO. The lowest BCUT2D eigenvalue weighted by Crippen LogP contribution is -2.37. The van der Waals surface area contributed by atoms with Crippen LogP contribution in [-0.2, 0) is 11.8 Å². The van der Waals surface area contributed by atoms with Crippen LogP contribution in [0, 0.1) is 0 Å². The molecule has 1 aliphatic carbocycles. The van der Waals surface area contributed by atoms with Crippen LogP contribution in [0.25, 0.3) is 0 Å². The summed E-state index contributed by atoms with van der Waals surface area (Å²) in [6.07, 6.45) is 2.38. The molecule has 0 radical (unpaired) electrons. The lowest BCUT2D eigenvalue weighted by Gasteiger charge is -2.29. The molecule has 1 fully saturated rings. The molecule has 2 atom stereocenters. The second-order valence-corrected chi connectivity index (χ2v) is 5.36. The zero-order chi connectivity index (χ0) is 11.3. The van der Waals surface area contributed by atoms with Gasteiger partial charge in [-0.15, -0.1) is 0 Å². The van der Waals surface area contributed by atoms with Crippen molar-refractivity contribution < 1.29 is 5.11 Å². The highest BCUT2D eigenvalue weighted by Gasteiger charge is 2.49. The number of hydrogen-bond acceptors (Lipinski definition) is 2. The molecule has 1 aromatic carbocycles. The van der Waals surface area contributed by atoms with Crippen LogP contribution in [0.2, 0.25) is 0 Å². The molecule has 2 aliphatic rings. The first-order valence-corrected chi connectivity index (χ1v) is 6.21. The quantitative estimate of drug-likeness (QED) is 0.780. The van der Waals surface area contributed by atoms with E-state index in [-0.39, 0.29) is 5.41 Å². The van der Waals surface area contributed by atoms with Crippen molar-refractivity contribution in [2.45, 2.75) is 38.1 Å². The van der Waals surface area contributed by atoms with Gasteiger partial charge < -0.3 is 5.11 Å². The molecule has 3 rings (SSSR count). The molecule has 2 nitrogen and oxygen atoms in total. The number of benzene rings is 1. The maximum absolute atomic E-state index is 9.64. The van der Waals surface area contributed by atoms with Crippen molar-refractivity contribution in [2.24, 2.45) is 0 Å². The summed E-state index contributed by atoms with van der Waals surface area (Å²) in [5.74, 6) is 0.413. The molecule has 2 unspecified atom stereocenters. The summed E-state index contributed by atoms with van der Waals surface area (Å²) in [6, 6.07) is 6.55. The summed E-state index contributed by atoms with van der Waals surface area (Å²) >= 11 is 0. The maximum atomic E-state index is 9.64. The highest BCUT2D eigenvalue weighted by atomic mass is 16.3. The minimum atomic E-state index is 0.268. The van der Waals surface area contributed by atoms with Crippen LogP contribution in [0.1, 0.15) is 31.4 Å². The summed E-state index contributed by atoms with van der Waals surface area (Å²) in [4.78, 5) is 2.58. The topological polar surface area (TPSA) is 23.5 Å². The minimum absolute atomic E-state index is 0.268. The van der Waals surface area contributed by atoms with Crippen molar-refractivity contribution in [2.75, 3.05) is 13.1 Å². The van der Waals surface area contributed by atoms with E-state index in [2.05, 4.69) is 24.8 Å². The SMILES string of the molecule is CCN1CCC2(C)c3cc(O)ccc3CC12. The Balaban J connectivity index is 2.07. The predicted octanol–water partition coefficient (Wildman–Crippen LogP) is 2.30. The largest absolute Gasteiger partial charge is 0.508 e. The predicted molar refractivity (Wildman–Crippen MR) is 64.8 cm³/mol. The Morgan fingerprint density at radius 2 is 2.31 bits per heavy atom. The van der Waals surface area contributed by atoms with E-state index < -0.39 is 0 Å². The standard InChI is InChI=1S/C14H19NO/c1-3-15-7-6-14(2)12-9-11(16)5-4-10(12)8-13(14)15/h4-5,9,13,16H,3,6-8H2,1-2H3. The van der Waals surface area contributed by atoms with Crippen LogP contribution >= 0.6 is 0 Å². The number of rotatable bonds is 1. The molecule has 0 amide bonds. The molecule has 0 aromatic heterocycles. The van der Waals surface area contributed by atoms with Crippen LogP contribution in [0.5, 0.6) is 5.75 Å². The number of aromatic hydroxyl groups is 1. The maximum Gasteiger partial charge on any atom is 0.115 e. The van der Waals surface area contributed by atoms with Crippen molar-refractivity contribution in [1.29, 1.82) is 0 Å². The van der Waals surface area contributed by atoms with E-state index in [0.29, 0.717) is 11.8 Å². The summed E-state index contributed by atoms with van der Waals surface area (Å²) < 4.78 is 0. The van der Waals surface area contributed by atoms with E-state index in [1.165, 1.54) is 24.1 Å². The number of likely N-dealkylation sites (tertiary alicyclic amines) is 1. The van der Waals surface area contributed by atoms with Crippen molar-refractivity contribution in [3.05, 3.63) is 29.3 Å². The van der Waals surface area contributed by atoms with Gasteiger partial charge in [-0.2, -0.15) is 0 Å². The van der Waals surface area contributed by atoms with Crippen molar-refractivity contribution in [1.82, 2.24) is 4.90 Å². The van der Waals surface area contributed by atoms with Crippen LogP contribution in [-0.4, -0.2) is 29.1 Å². The molecule has 1 aliphatic heterocycles. The number of likely N-dealkylation sites (N-methyl/N-ethyl adjacent to an activating group) is 1. The van der Waals surface area contributed by atoms with E-state index in [4.69, 9.17) is 0 Å². The number of nitrogens with zero attached hydrogens (tertiary/aromatic N) is 1. The third kappa shape index (κ3) is 1.17. The van der Waals surface area contributed by atoms with Crippen molar-refractivity contribution in [3.63, 3.8) is 0 Å². The van der Waals surface area contributed by atoms with Gasteiger partial charge in [0, 0.05) is 11.5 Å². The van der Waals surface area contributed by atoms with E-state index >= 15 is 0 Å². The first-order chi connectivity index (χ1) is 7.65. The molecule has 1 aromatic rings. The first-order valence-electron chi connectivity index (χ1n) is 6.21. The van der Waals surface area contributed by atoms with Crippen LogP contribution in [0.15, 0.2) is 18.2 Å². The van der Waals surface area contributed by atoms with E-state index in [9.17, 15) is 5.11 Å². The van der Waals surface area contributed by atoms with E-state index in [1.54, 1.807) is 0 Å². The van der Waals surface area contributed by atoms with Crippen LogP contribution < -0.4 is 0 Å². The third-order valence-corrected chi connectivity index (χ3v) is 4.62. The fraction of sp³-hybridized carbons (Fsp3) is 0.571. The molecule has 2 heteroatoms. The zero-order valence-corrected chi connectivity index (χ0v) is 10.0. The highest BCUT2D eigenvalue weighted by Crippen LogP contribution is 2.48. The second kappa shape index (κ2) is 3.24. The van der Waals surface area contributed by atoms with Crippen molar-refractivity contribution >= 4 is 0 Å². The van der Waals surface area contributed by atoms with Gasteiger partial charge in [0.05, 0.1) is 0 Å². The Hall–Kier alpha value is -1.02. The van der Waals surface area contributed by atoms with Gasteiger partial charge in [-0.25, -0.2) is 0 Å². The van der Waals surface area contributed by atoms with E-state index in [1.807, 2.05) is 12.1 Å². The zero-order valence-electron chi connectivity index (χ0n) is 10.0. The number of phenolic OH excluding ortho intramolecular Hbond substituents is 1. The smallest absolute Gasteiger partial charge is 0.115 e. The Kier molecular flexibility index (Phi) is 2.05. The molecule has 0 spiro atoms. The molecule has 0 saturated carbocycles. The van der Waals surface area contributed by atoms with Crippen LogP contribution in [0.3, 0.4) is 0 Å². The lowest BCUT2D eigenvalue weighted by atomic mass is 9.80. The van der Waals surface area contributed by atoms with Gasteiger partial charge in [-0.05, 0) is 49.2 Å². The van der Waals surface area contributed by atoms with E-state index in [0.717, 1.165) is 13.0 Å². The molecule has 1 N–H and O–H groups in total. The summed E-state index contributed by atoms with van der Waals surface area (Å²) in [6.45, 7) is 6.94. The number of phenols is 1. The minimum Gasteiger partial charge on any atom is -0.508 e. The van der Waals surface area contributed by atoms with Crippen LogP contribution in [0.4, 0.5) is 0 Å². The molecule has 16 heavy (non-hydrogen) atoms. The summed E-state index contributed by atoms with van der Waals surface area (Å²) in [5, 5.41) is 9.64. The number of hydrogen-bond donors (Lipinski definition) is 1. The van der Waals surface area contributed by atoms with Gasteiger partial charge in [0.25, 0.3) is 0 Å². The average molecular weight is 217 g/mol. The average Bonchev–Trinajstić information content (AvgIpc) is 2.72. The summed E-state index contributed by atoms with van der Waals surface area (Å²) in [7, 11) is 0. The molecular weight excluding hydrogens is 198 g/mol. The Morgan fingerprint density at radius 1 is 1.50 bits per heavy atom. The van der Waals surface area contributed by atoms with Gasteiger partial charge >= 0.3 is 0 Å². The third-order valence-electron chi connectivity index (χ3n) is 4.62.